The maximum Gasteiger partial charge on any atom is 0.165 e. The molecular formula is C21H22ClFN6. The van der Waals surface area contributed by atoms with Crippen molar-refractivity contribution in [3.05, 3.63) is 47.5 Å². The van der Waals surface area contributed by atoms with Crippen LogP contribution in [0.2, 0.25) is 5.02 Å². The van der Waals surface area contributed by atoms with Crippen LogP contribution in [0.15, 0.2) is 36.7 Å². The number of anilines is 4. The van der Waals surface area contributed by atoms with E-state index in [2.05, 4.69) is 32.1 Å². The van der Waals surface area contributed by atoms with E-state index in [4.69, 9.17) is 17.3 Å². The first kappa shape index (κ1) is 18.4. The number of hydrogen-bond donors (Lipinski definition) is 2. The summed E-state index contributed by atoms with van der Waals surface area (Å²) in [5.74, 6) is -0.0233. The number of nitrogens with zero attached hydrogens (tertiary/aromatic N) is 4. The van der Waals surface area contributed by atoms with Crippen LogP contribution in [0, 0.1) is 11.2 Å². The minimum absolute atomic E-state index is 0.0550. The van der Waals surface area contributed by atoms with E-state index >= 15 is 0 Å². The lowest BCUT2D eigenvalue weighted by Crippen LogP contribution is -2.57. The van der Waals surface area contributed by atoms with E-state index in [0.717, 1.165) is 42.8 Å². The highest BCUT2D eigenvalue weighted by molar-refractivity contribution is 6.31. The number of hydrogen-bond acceptors (Lipinski definition) is 6. The second-order valence-electron chi connectivity index (χ2n) is 8.22. The second kappa shape index (κ2) is 6.71. The summed E-state index contributed by atoms with van der Waals surface area (Å²) < 4.78 is 14.3. The summed E-state index contributed by atoms with van der Waals surface area (Å²) in [6.45, 7) is 4.32. The maximum absolute atomic E-state index is 14.3. The number of fused-ring (bicyclic) bond motifs is 1. The van der Waals surface area contributed by atoms with Gasteiger partial charge in [-0.2, -0.15) is 0 Å². The van der Waals surface area contributed by atoms with Crippen molar-refractivity contribution in [1.29, 1.82) is 0 Å². The zero-order valence-electron chi connectivity index (χ0n) is 16.1. The van der Waals surface area contributed by atoms with Crippen LogP contribution in [0.25, 0.3) is 10.9 Å². The molecule has 0 saturated carbocycles. The first-order chi connectivity index (χ1) is 13.9. The fourth-order valence-electron chi connectivity index (χ4n) is 4.56. The molecule has 6 nitrogen and oxygen atoms in total. The highest BCUT2D eigenvalue weighted by Gasteiger charge is 2.47. The Morgan fingerprint density at radius 3 is 2.79 bits per heavy atom. The Bertz CT molecular complexity index is 1100. The van der Waals surface area contributed by atoms with Crippen molar-refractivity contribution in [2.45, 2.75) is 6.42 Å². The highest BCUT2D eigenvalue weighted by Crippen LogP contribution is 2.44. The lowest BCUT2D eigenvalue weighted by molar-refractivity contribution is 0.218. The summed E-state index contributed by atoms with van der Waals surface area (Å²) in [4.78, 5) is 13.4. The van der Waals surface area contributed by atoms with Gasteiger partial charge in [0.15, 0.2) is 5.82 Å². The smallest absolute Gasteiger partial charge is 0.165 e. The lowest BCUT2D eigenvalue weighted by Gasteiger charge is -2.49. The van der Waals surface area contributed by atoms with Gasteiger partial charge in [0.1, 0.15) is 12.1 Å². The monoisotopic (exact) mass is 412 g/mol. The van der Waals surface area contributed by atoms with Crippen molar-refractivity contribution in [3.8, 4) is 0 Å². The van der Waals surface area contributed by atoms with Gasteiger partial charge in [0.25, 0.3) is 0 Å². The summed E-state index contributed by atoms with van der Waals surface area (Å²) in [6, 6.07) is 8.67. The molecule has 8 heteroatoms. The molecule has 1 spiro atoms. The van der Waals surface area contributed by atoms with E-state index in [1.54, 1.807) is 12.1 Å². The Morgan fingerprint density at radius 2 is 2.03 bits per heavy atom. The van der Waals surface area contributed by atoms with Gasteiger partial charge in [-0.25, -0.2) is 14.4 Å². The van der Waals surface area contributed by atoms with Gasteiger partial charge in [-0.3, -0.25) is 0 Å². The van der Waals surface area contributed by atoms with E-state index in [0.29, 0.717) is 16.9 Å². The molecule has 5 rings (SSSR count). The Morgan fingerprint density at radius 1 is 1.21 bits per heavy atom. The van der Waals surface area contributed by atoms with Crippen LogP contribution in [0.4, 0.5) is 27.3 Å². The number of nitrogen functional groups attached to an aromatic ring is 1. The molecule has 29 heavy (non-hydrogen) atoms. The molecule has 1 aromatic heterocycles. The fourth-order valence-corrected chi connectivity index (χ4v) is 4.74. The summed E-state index contributed by atoms with van der Waals surface area (Å²) in [7, 11) is 2.18. The van der Waals surface area contributed by atoms with Crippen LogP contribution in [0.3, 0.4) is 0 Å². The molecular weight excluding hydrogens is 391 g/mol. The number of rotatable bonds is 3. The van der Waals surface area contributed by atoms with Crippen LogP contribution in [0.1, 0.15) is 6.42 Å². The Labute approximate surface area is 173 Å². The van der Waals surface area contributed by atoms with E-state index in [9.17, 15) is 4.39 Å². The van der Waals surface area contributed by atoms with E-state index in [1.807, 2.05) is 12.1 Å². The van der Waals surface area contributed by atoms with E-state index < -0.39 is 5.82 Å². The third-order valence-corrected chi connectivity index (χ3v) is 6.30. The first-order valence-corrected chi connectivity index (χ1v) is 10.0. The van der Waals surface area contributed by atoms with Crippen LogP contribution >= 0.6 is 11.6 Å². The minimum atomic E-state index is -0.516. The Hall–Kier alpha value is -2.64. The predicted molar refractivity (Wildman–Crippen MR) is 115 cm³/mol. The van der Waals surface area contributed by atoms with Crippen molar-refractivity contribution in [3.63, 3.8) is 0 Å². The zero-order chi connectivity index (χ0) is 20.2. The standard InChI is InChI=1S/C21H22ClFN6/c1-28-6-5-21(9-28)10-29(11-21)18-8-17-13(7-15(18)24)20(26-12-25-17)27-16-4-2-3-14(22)19(16)23/h2-4,7-8,12H,5-6,9-11,24H2,1H3,(H,25,26,27). The largest absolute Gasteiger partial charge is 0.397 e. The normalized spacial score (nSPS) is 18.4. The number of nitrogens with two attached hydrogens (primary N) is 1. The average molecular weight is 413 g/mol. The molecule has 2 aliphatic rings. The lowest BCUT2D eigenvalue weighted by atomic mass is 9.78. The Kier molecular flexibility index (Phi) is 4.26. The number of aromatic nitrogens is 2. The third kappa shape index (κ3) is 3.14. The van der Waals surface area contributed by atoms with Gasteiger partial charge in [-0.15, -0.1) is 0 Å². The van der Waals surface area contributed by atoms with Crippen molar-refractivity contribution in [2.24, 2.45) is 5.41 Å². The van der Waals surface area contributed by atoms with E-state index in [-0.39, 0.29) is 10.7 Å². The van der Waals surface area contributed by atoms with Crippen molar-refractivity contribution >= 4 is 45.4 Å². The van der Waals surface area contributed by atoms with Gasteiger partial charge in [-0.05, 0) is 44.3 Å². The van der Waals surface area contributed by atoms with Crippen molar-refractivity contribution in [1.82, 2.24) is 14.9 Å². The molecule has 3 heterocycles. The summed E-state index contributed by atoms with van der Waals surface area (Å²) in [6.07, 6.45) is 2.70. The molecule has 2 aromatic carbocycles. The van der Waals surface area contributed by atoms with Crippen LogP contribution in [0.5, 0.6) is 0 Å². The predicted octanol–water partition coefficient (Wildman–Crippen LogP) is 3.89. The molecule has 0 amide bonds. The number of benzene rings is 2. The number of likely N-dealkylation sites (tertiary alicyclic amines) is 1. The van der Waals surface area contributed by atoms with Gasteiger partial charge in [0.2, 0.25) is 0 Å². The molecule has 150 valence electrons. The van der Waals surface area contributed by atoms with Crippen molar-refractivity contribution < 1.29 is 4.39 Å². The number of halogens is 2. The highest BCUT2D eigenvalue weighted by atomic mass is 35.5. The molecule has 0 bridgehead atoms. The minimum Gasteiger partial charge on any atom is -0.397 e. The van der Waals surface area contributed by atoms with E-state index in [1.165, 1.54) is 18.8 Å². The Balaban J connectivity index is 1.45. The molecule has 2 fully saturated rings. The number of nitrogens with one attached hydrogen (secondary N) is 1. The molecule has 0 atom stereocenters. The van der Waals surface area contributed by atoms with Gasteiger partial charge in [-0.1, -0.05) is 17.7 Å². The van der Waals surface area contributed by atoms with Gasteiger partial charge < -0.3 is 20.9 Å². The van der Waals surface area contributed by atoms with Gasteiger partial charge in [0, 0.05) is 30.4 Å². The fraction of sp³-hybridized carbons (Fsp3) is 0.333. The van der Waals surface area contributed by atoms with Crippen molar-refractivity contribution in [2.75, 3.05) is 49.2 Å². The maximum atomic E-state index is 14.3. The topological polar surface area (TPSA) is 70.3 Å². The average Bonchev–Trinajstić information content (AvgIpc) is 3.06. The third-order valence-electron chi connectivity index (χ3n) is 6.01. The molecule has 3 N–H and O–H groups in total. The van der Waals surface area contributed by atoms with Crippen LogP contribution in [-0.4, -0.2) is 48.1 Å². The van der Waals surface area contributed by atoms with Gasteiger partial charge in [0.05, 0.1) is 27.6 Å². The SMILES string of the molecule is CN1CCC2(C1)CN(c1cc3ncnc(Nc4cccc(Cl)c4F)c3cc1N)C2. The summed E-state index contributed by atoms with van der Waals surface area (Å²) in [5.41, 5.74) is 9.47. The molecule has 0 radical (unpaired) electrons. The van der Waals surface area contributed by atoms with Crippen LogP contribution < -0.4 is 16.0 Å². The second-order valence-corrected chi connectivity index (χ2v) is 8.63. The molecule has 3 aromatic rings. The molecule has 0 aliphatic carbocycles. The molecule has 2 saturated heterocycles. The summed E-state index contributed by atoms with van der Waals surface area (Å²) >= 11 is 5.89. The zero-order valence-corrected chi connectivity index (χ0v) is 16.9. The van der Waals surface area contributed by atoms with Gasteiger partial charge >= 0.3 is 0 Å². The summed E-state index contributed by atoms with van der Waals surface area (Å²) in [5, 5.41) is 3.81. The molecule has 2 aliphatic heterocycles. The molecule has 0 unspecified atom stereocenters. The quantitative estimate of drug-likeness (QED) is 0.636. The van der Waals surface area contributed by atoms with Crippen LogP contribution in [-0.2, 0) is 0 Å². The first-order valence-electron chi connectivity index (χ1n) is 9.63.